The van der Waals surface area contributed by atoms with Gasteiger partial charge in [-0.15, -0.1) is 0 Å². The van der Waals surface area contributed by atoms with E-state index in [-0.39, 0.29) is 29.3 Å². The SMILES string of the molecule is CCn1ncc2c(Nc3nc(N[C@H]4CCCC[C@H]4N)c(F)cc3C(N)=O)cccc21. The summed E-state index contributed by atoms with van der Waals surface area (Å²) in [6.45, 7) is 2.73. The van der Waals surface area contributed by atoms with Crippen molar-refractivity contribution >= 4 is 34.1 Å². The van der Waals surface area contributed by atoms with Crippen LogP contribution in [0.1, 0.15) is 43.0 Å². The van der Waals surface area contributed by atoms with Crippen LogP contribution in [-0.2, 0) is 6.54 Å². The summed E-state index contributed by atoms with van der Waals surface area (Å²) in [4.78, 5) is 16.3. The molecule has 4 rings (SSSR count). The van der Waals surface area contributed by atoms with Crippen molar-refractivity contribution in [2.75, 3.05) is 10.6 Å². The molecule has 6 N–H and O–H groups in total. The lowest BCUT2D eigenvalue weighted by atomic mass is 9.91. The maximum absolute atomic E-state index is 14.7. The van der Waals surface area contributed by atoms with E-state index in [0.717, 1.165) is 49.2 Å². The quantitative estimate of drug-likeness (QED) is 0.494. The predicted octanol–water partition coefficient (Wildman–Crippen LogP) is 3.11. The number of hydrogen-bond acceptors (Lipinski definition) is 6. The van der Waals surface area contributed by atoms with Crippen molar-refractivity contribution in [3.8, 4) is 0 Å². The van der Waals surface area contributed by atoms with Crippen molar-refractivity contribution in [3.05, 3.63) is 41.8 Å². The smallest absolute Gasteiger partial charge is 0.252 e. The van der Waals surface area contributed by atoms with Crippen LogP contribution >= 0.6 is 0 Å². The highest BCUT2D eigenvalue weighted by molar-refractivity contribution is 6.00. The van der Waals surface area contributed by atoms with Gasteiger partial charge in [-0.25, -0.2) is 9.37 Å². The van der Waals surface area contributed by atoms with Crippen LogP contribution in [0, 0.1) is 5.82 Å². The fourth-order valence-corrected chi connectivity index (χ4v) is 3.98. The maximum Gasteiger partial charge on any atom is 0.252 e. The average molecular weight is 411 g/mol. The highest BCUT2D eigenvalue weighted by atomic mass is 19.1. The number of aromatic nitrogens is 3. The first kappa shape index (κ1) is 20.1. The highest BCUT2D eigenvalue weighted by Gasteiger charge is 2.24. The van der Waals surface area contributed by atoms with Crippen molar-refractivity contribution in [2.24, 2.45) is 11.5 Å². The summed E-state index contributed by atoms with van der Waals surface area (Å²) in [5.74, 6) is -1.15. The van der Waals surface area contributed by atoms with E-state index in [9.17, 15) is 9.18 Å². The van der Waals surface area contributed by atoms with Crippen LogP contribution in [0.2, 0.25) is 0 Å². The lowest BCUT2D eigenvalue weighted by Crippen LogP contribution is -2.43. The summed E-state index contributed by atoms with van der Waals surface area (Å²) in [5.41, 5.74) is 13.3. The molecule has 0 radical (unpaired) electrons. The Bertz CT molecular complexity index is 1080. The second-order valence-electron chi connectivity index (χ2n) is 7.60. The summed E-state index contributed by atoms with van der Waals surface area (Å²) < 4.78 is 16.6. The van der Waals surface area contributed by atoms with Crippen LogP contribution in [-0.4, -0.2) is 32.8 Å². The van der Waals surface area contributed by atoms with E-state index in [1.165, 1.54) is 0 Å². The minimum Gasteiger partial charge on any atom is -0.365 e. The Kier molecular flexibility index (Phi) is 5.54. The number of fused-ring (bicyclic) bond motifs is 1. The molecule has 2 aromatic heterocycles. The Hall–Kier alpha value is -3.20. The van der Waals surface area contributed by atoms with E-state index in [0.29, 0.717) is 5.69 Å². The lowest BCUT2D eigenvalue weighted by Gasteiger charge is -2.30. The normalized spacial score (nSPS) is 19.0. The molecule has 2 heterocycles. The summed E-state index contributed by atoms with van der Waals surface area (Å²) >= 11 is 0. The molecule has 0 bridgehead atoms. The molecule has 0 spiro atoms. The zero-order chi connectivity index (χ0) is 21.3. The summed E-state index contributed by atoms with van der Waals surface area (Å²) in [6.07, 6.45) is 5.57. The van der Waals surface area contributed by atoms with Crippen LogP contribution in [0.25, 0.3) is 10.9 Å². The molecule has 1 aliphatic rings. The summed E-state index contributed by atoms with van der Waals surface area (Å²) in [7, 11) is 0. The van der Waals surface area contributed by atoms with Crippen LogP contribution in [0.3, 0.4) is 0 Å². The molecular formula is C21H26FN7O. The summed E-state index contributed by atoms with van der Waals surface area (Å²) in [5, 5.41) is 11.5. The number of amides is 1. The zero-order valence-corrected chi connectivity index (χ0v) is 16.9. The van der Waals surface area contributed by atoms with Crippen LogP contribution in [0.15, 0.2) is 30.5 Å². The largest absolute Gasteiger partial charge is 0.365 e. The van der Waals surface area contributed by atoms with E-state index >= 15 is 0 Å². The first-order chi connectivity index (χ1) is 14.5. The van der Waals surface area contributed by atoms with Crippen LogP contribution in [0.5, 0.6) is 0 Å². The van der Waals surface area contributed by atoms with Crippen molar-refractivity contribution < 1.29 is 9.18 Å². The van der Waals surface area contributed by atoms with Crippen LogP contribution in [0.4, 0.5) is 21.7 Å². The number of pyridine rings is 1. The van der Waals surface area contributed by atoms with Gasteiger partial charge in [0.1, 0.15) is 5.82 Å². The number of nitrogens with two attached hydrogens (primary N) is 2. The topological polar surface area (TPSA) is 124 Å². The van der Waals surface area contributed by atoms with E-state index in [4.69, 9.17) is 11.5 Å². The predicted molar refractivity (Wildman–Crippen MR) is 115 cm³/mol. The van der Waals surface area contributed by atoms with Gasteiger partial charge in [0.2, 0.25) is 0 Å². The molecule has 3 aromatic rings. The molecule has 9 heteroatoms. The molecule has 0 unspecified atom stereocenters. The average Bonchev–Trinajstić information content (AvgIpc) is 3.16. The second-order valence-corrected chi connectivity index (χ2v) is 7.60. The number of rotatable bonds is 6. The Morgan fingerprint density at radius 2 is 2.10 bits per heavy atom. The van der Waals surface area contributed by atoms with Gasteiger partial charge in [-0.05, 0) is 38.0 Å². The third-order valence-corrected chi connectivity index (χ3v) is 5.62. The molecule has 158 valence electrons. The number of nitrogens with zero attached hydrogens (tertiary/aromatic N) is 3. The molecule has 30 heavy (non-hydrogen) atoms. The van der Waals surface area contributed by atoms with Gasteiger partial charge in [0.15, 0.2) is 11.6 Å². The van der Waals surface area contributed by atoms with E-state index < -0.39 is 11.7 Å². The minimum atomic E-state index is -0.763. The third kappa shape index (κ3) is 3.80. The Balaban J connectivity index is 1.71. The van der Waals surface area contributed by atoms with Crippen LogP contribution < -0.4 is 22.1 Å². The number of anilines is 3. The van der Waals surface area contributed by atoms with E-state index in [1.54, 1.807) is 6.20 Å². The molecule has 0 saturated heterocycles. The summed E-state index contributed by atoms with van der Waals surface area (Å²) in [6, 6.07) is 6.67. The van der Waals surface area contributed by atoms with Gasteiger partial charge in [0.05, 0.1) is 23.0 Å². The first-order valence-electron chi connectivity index (χ1n) is 10.2. The minimum absolute atomic E-state index is 0.0223. The standard InChI is InChI=1S/C21H26FN7O/c1-2-29-18-9-5-8-16(13(18)11-25-29)26-20-12(19(24)30)10-14(22)21(28-20)27-17-7-4-3-6-15(17)23/h5,8-11,15,17H,2-4,6-7,23H2,1H3,(H2,24,30)(H2,26,27,28)/t15-,17+/m1/s1. The Morgan fingerprint density at radius 1 is 1.30 bits per heavy atom. The number of primary amides is 1. The van der Waals surface area contributed by atoms with Gasteiger partial charge in [-0.1, -0.05) is 18.9 Å². The van der Waals surface area contributed by atoms with E-state index in [2.05, 4.69) is 20.7 Å². The van der Waals surface area contributed by atoms with Gasteiger partial charge >= 0.3 is 0 Å². The molecule has 1 fully saturated rings. The molecule has 2 atom stereocenters. The third-order valence-electron chi connectivity index (χ3n) is 5.62. The number of nitrogens with one attached hydrogen (secondary N) is 2. The van der Waals surface area contributed by atoms with Gasteiger partial charge in [-0.3, -0.25) is 9.48 Å². The number of hydrogen-bond donors (Lipinski definition) is 4. The molecule has 1 aliphatic carbocycles. The van der Waals surface area contributed by atoms with Gasteiger partial charge < -0.3 is 22.1 Å². The van der Waals surface area contributed by atoms with Crippen molar-refractivity contribution in [3.63, 3.8) is 0 Å². The molecule has 1 aromatic carbocycles. The molecule has 0 aliphatic heterocycles. The molecule has 8 nitrogen and oxygen atoms in total. The fourth-order valence-electron chi connectivity index (χ4n) is 3.98. The Morgan fingerprint density at radius 3 is 2.83 bits per heavy atom. The zero-order valence-electron chi connectivity index (χ0n) is 16.9. The number of carbonyl (C=O) groups excluding carboxylic acids is 1. The number of benzene rings is 1. The molecular weight excluding hydrogens is 385 g/mol. The van der Waals surface area contributed by atoms with Crippen molar-refractivity contribution in [1.29, 1.82) is 0 Å². The number of carbonyl (C=O) groups is 1. The highest BCUT2D eigenvalue weighted by Crippen LogP contribution is 2.30. The van der Waals surface area contributed by atoms with E-state index in [1.807, 2.05) is 29.8 Å². The number of aryl methyl sites for hydroxylation is 1. The molecule has 1 amide bonds. The number of halogens is 1. The van der Waals surface area contributed by atoms with Crippen molar-refractivity contribution in [2.45, 2.75) is 51.2 Å². The fraction of sp³-hybridized carbons (Fsp3) is 0.381. The first-order valence-corrected chi connectivity index (χ1v) is 10.2. The van der Waals surface area contributed by atoms with Gasteiger partial charge in [0.25, 0.3) is 5.91 Å². The second kappa shape index (κ2) is 8.27. The maximum atomic E-state index is 14.7. The molecule has 1 saturated carbocycles. The Labute approximate surface area is 173 Å². The van der Waals surface area contributed by atoms with Gasteiger partial charge in [0, 0.05) is 24.0 Å². The lowest BCUT2D eigenvalue weighted by molar-refractivity contribution is 0.100. The monoisotopic (exact) mass is 411 g/mol. The van der Waals surface area contributed by atoms with Gasteiger partial charge in [-0.2, -0.15) is 5.10 Å². The van der Waals surface area contributed by atoms with Crippen molar-refractivity contribution in [1.82, 2.24) is 14.8 Å².